The van der Waals surface area contributed by atoms with Crippen molar-refractivity contribution in [2.24, 2.45) is 0 Å². The van der Waals surface area contributed by atoms with Gasteiger partial charge in [0.2, 0.25) is 11.8 Å². The molecule has 2 amide bonds. The molecule has 1 saturated heterocycles. The Labute approximate surface area is 173 Å². The van der Waals surface area contributed by atoms with Crippen molar-refractivity contribution < 1.29 is 9.59 Å². The molecule has 1 aliphatic heterocycles. The summed E-state index contributed by atoms with van der Waals surface area (Å²) in [5, 5.41) is 0. The number of anilines is 2. The van der Waals surface area contributed by atoms with E-state index in [0.29, 0.717) is 13.0 Å². The summed E-state index contributed by atoms with van der Waals surface area (Å²) in [4.78, 5) is 30.8. The molecule has 1 fully saturated rings. The summed E-state index contributed by atoms with van der Waals surface area (Å²) in [6.07, 6.45) is 1.31. The predicted molar refractivity (Wildman–Crippen MR) is 118 cm³/mol. The molecule has 1 heterocycles. The first kappa shape index (κ1) is 20.9. The molecule has 2 aromatic carbocycles. The molecule has 0 atom stereocenters. The van der Waals surface area contributed by atoms with Crippen LogP contribution in [0, 0.1) is 6.92 Å². The van der Waals surface area contributed by atoms with Gasteiger partial charge >= 0.3 is 0 Å². The van der Waals surface area contributed by atoms with Crippen LogP contribution in [0.4, 0.5) is 11.4 Å². The highest BCUT2D eigenvalue weighted by molar-refractivity contribution is 5.92. The van der Waals surface area contributed by atoms with Crippen LogP contribution in [-0.2, 0) is 16.0 Å². The maximum atomic E-state index is 12.7. The van der Waals surface area contributed by atoms with Crippen LogP contribution in [0.15, 0.2) is 48.5 Å². The Morgan fingerprint density at radius 1 is 1.00 bits per heavy atom. The normalized spacial score (nSPS) is 14.0. The van der Waals surface area contributed by atoms with Gasteiger partial charge in [0, 0.05) is 57.4 Å². The van der Waals surface area contributed by atoms with Gasteiger partial charge in [0.05, 0.1) is 0 Å². The maximum absolute atomic E-state index is 12.7. The van der Waals surface area contributed by atoms with Gasteiger partial charge in [-0.15, -0.1) is 0 Å². The number of aryl methyl sites for hydroxylation is 2. The van der Waals surface area contributed by atoms with Crippen molar-refractivity contribution in [2.75, 3.05) is 42.5 Å². The Kier molecular flexibility index (Phi) is 6.91. The van der Waals surface area contributed by atoms with E-state index in [1.807, 2.05) is 29.2 Å². The zero-order chi connectivity index (χ0) is 20.8. The Morgan fingerprint density at radius 2 is 1.69 bits per heavy atom. The summed E-state index contributed by atoms with van der Waals surface area (Å²) < 4.78 is 0. The number of amides is 2. The lowest BCUT2D eigenvalue weighted by atomic mass is 10.1. The number of rotatable bonds is 6. The first-order valence-corrected chi connectivity index (χ1v) is 10.4. The van der Waals surface area contributed by atoms with E-state index in [0.717, 1.165) is 38.3 Å². The van der Waals surface area contributed by atoms with Crippen LogP contribution in [0.25, 0.3) is 0 Å². The molecule has 0 unspecified atom stereocenters. The molecule has 1 aliphatic rings. The molecule has 5 heteroatoms. The lowest BCUT2D eigenvalue weighted by Gasteiger charge is -2.36. The van der Waals surface area contributed by atoms with Crippen molar-refractivity contribution in [2.45, 2.75) is 33.6 Å². The van der Waals surface area contributed by atoms with Crippen LogP contribution < -0.4 is 9.80 Å². The summed E-state index contributed by atoms with van der Waals surface area (Å²) in [6, 6.07) is 16.5. The average molecular weight is 394 g/mol. The Morgan fingerprint density at radius 3 is 2.28 bits per heavy atom. The summed E-state index contributed by atoms with van der Waals surface area (Å²) in [7, 11) is 0. The standard InChI is InChI=1S/C24H31N3O2/c1-4-21-8-10-22(11-9-21)27(20(3)28)13-12-24(29)26-16-14-25(15-17-26)23-7-5-6-19(2)18-23/h5-11,18H,4,12-17H2,1-3H3. The molecule has 29 heavy (non-hydrogen) atoms. The number of benzene rings is 2. The smallest absolute Gasteiger partial charge is 0.224 e. The van der Waals surface area contributed by atoms with Gasteiger partial charge in [0.1, 0.15) is 0 Å². The highest BCUT2D eigenvalue weighted by atomic mass is 16.2. The Hall–Kier alpha value is -2.82. The molecule has 0 aromatic heterocycles. The number of carbonyl (C=O) groups excluding carboxylic acids is 2. The van der Waals surface area contributed by atoms with Crippen LogP contribution in [0.1, 0.15) is 31.4 Å². The summed E-state index contributed by atoms with van der Waals surface area (Å²) in [6.45, 7) is 9.29. The second-order valence-corrected chi connectivity index (χ2v) is 7.65. The highest BCUT2D eigenvalue weighted by Crippen LogP contribution is 2.19. The Bertz CT molecular complexity index is 839. The quantitative estimate of drug-likeness (QED) is 0.752. The second kappa shape index (κ2) is 9.59. The van der Waals surface area contributed by atoms with E-state index < -0.39 is 0 Å². The molecular weight excluding hydrogens is 362 g/mol. The number of nitrogens with zero attached hydrogens (tertiary/aromatic N) is 3. The number of hydrogen-bond acceptors (Lipinski definition) is 3. The van der Waals surface area contributed by atoms with Crippen molar-refractivity contribution in [1.82, 2.24) is 4.90 Å². The minimum absolute atomic E-state index is 0.0358. The van der Waals surface area contributed by atoms with E-state index >= 15 is 0 Å². The SMILES string of the molecule is CCc1ccc(N(CCC(=O)N2CCN(c3cccc(C)c3)CC2)C(C)=O)cc1. The number of carbonyl (C=O) groups is 2. The zero-order valence-corrected chi connectivity index (χ0v) is 17.7. The fraction of sp³-hybridized carbons (Fsp3) is 0.417. The van der Waals surface area contributed by atoms with Gasteiger partial charge in [-0.1, -0.05) is 31.2 Å². The lowest BCUT2D eigenvalue weighted by Crippen LogP contribution is -2.49. The molecule has 5 nitrogen and oxygen atoms in total. The zero-order valence-electron chi connectivity index (χ0n) is 17.7. The van der Waals surface area contributed by atoms with Crippen LogP contribution in [0.3, 0.4) is 0 Å². The molecule has 2 aromatic rings. The second-order valence-electron chi connectivity index (χ2n) is 7.65. The molecule has 0 aliphatic carbocycles. The molecule has 0 N–H and O–H groups in total. The number of hydrogen-bond donors (Lipinski definition) is 0. The van der Waals surface area contributed by atoms with Crippen molar-refractivity contribution >= 4 is 23.2 Å². The molecule has 0 spiro atoms. The molecule has 0 bridgehead atoms. The minimum atomic E-state index is -0.0358. The van der Waals surface area contributed by atoms with Gasteiger partial charge < -0.3 is 14.7 Å². The largest absolute Gasteiger partial charge is 0.368 e. The molecule has 0 radical (unpaired) electrons. The monoisotopic (exact) mass is 393 g/mol. The summed E-state index contributed by atoms with van der Waals surface area (Å²) in [5.41, 5.74) is 4.55. The predicted octanol–water partition coefficient (Wildman–Crippen LogP) is 3.65. The van der Waals surface area contributed by atoms with E-state index in [9.17, 15) is 9.59 Å². The summed E-state index contributed by atoms with van der Waals surface area (Å²) >= 11 is 0. The fourth-order valence-electron chi connectivity index (χ4n) is 3.78. The van der Waals surface area contributed by atoms with Gasteiger partial charge in [-0.05, 0) is 48.7 Å². The van der Waals surface area contributed by atoms with Crippen LogP contribution in [0.2, 0.25) is 0 Å². The van der Waals surface area contributed by atoms with E-state index in [-0.39, 0.29) is 11.8 Å². The van der Waals surface area contributed by atoms with Gasteiger partial charge in [0.15, 0.2) is 0 Å². The fourth-order valence-corrected chi connectivity index (χ4v) is 3.78. The van der Waals surface area contributed by atoms with E-state index in [4.69, 9.17) is 0 Å². The Balaban J connectivity index is 1.53. The maximum Gasteiger partial charge on any atom is 0.224 e. The lowest BCUT2D eigenvalue weighted by molar-refractivity contribution is -0.131. The van der Waals surface area contributed by atoms with Crippen molar-refractivity contribution in [3.8, 4) is 0 Å². The van der Waals surface area contributed by atoms with E-state index in [1.54, 1.807) is 11.8 Å². The van der Waals surface area contributed by atoms with Crippen LogP contribution >= 0.6 is 0 Å². The van der Waals surface area contributed by atoms with E-state index in [1.165, 1.54) is 16.8 Å². The van der Waals surface area contributed by atoms with Crippen LogP contribution in [-0.4, -0.2) is 49.4 Å². The molecular formula is C24H31N3O2. The van der Waals surface area contributed by atoms with Crippen LogP contribution in [0.5, 0.6) is 0 Å². The average Bonchev–Trinajstić information content (AvgIpc) is 2.74. The van der Waals surface area contributed by atoms with Crippen molar-refractivity contribution in [3.05, 3.63) is 59.7 Å². The first-order valence-electron chi connectivity index (χ1n) is 10.4. The number of piperazine rings is 1. The highest BCUT2D eigenvalue weighted by Gasteiger charge is 2.22. The molecule has 3 rings (SSSR count). The van der Waals surface area contributed by atoms with Gasteiger partial charge in [-0.2, -0.15) is 0 Å². The third-order valence-corrected chi connectivity index (χ3v) is 5.58. The van der Waals surface area contributed by atoms with Gasteiger partial charge in [-0.3, -0.25) is 9.59 Å². The van der Waals surface area contributed by atoms with Gasteiger partial charge in [0.25, 0.3) is 0 Å². The van der Waals surface area contributed by atoms with Gasteiger partial charge in [-0.25, -0.2) is 0 Å². The summed E-state index contributed by atoms with van der Waals surface area (Å²) in [5.74, 6) is 0.0802. The molecule has 154 valence electrons. The minimum Gasteiger partial charge on any atom is -0.368 e. The van der Waals surface area contributed by atoms with Crippen molar-refractivity contribution in [3.63, 3.8) is 0 Å². The topological polar surface area (TPSA) is 43.9 Å². The third-order valence-electron chi connectivity index (χ3n) is 5.58. The first-order chi connectivity index (χ1) is 14.0. The third kappa shape index (κ3) is 5.37. The van der Waals surface area contributed by atoms with Crippen molar-refractivity contribution in [1.29, 1.82) is 0 Å². The molecule has 0 saturated carbocycles. The van der Waals surface area contributed by atoms with E-state index in [2.05, 4.69) is 43.0 Å².